The highest BCUT2D eigenvalue weighted by atomic mass is 79.9. The fourth-order valence-corrected chi connectivity index (χ4v) is 2.65. The van der Waals surface area contributed by atoms with Crippen molar-refractivity contribution in [3.8, 4) is 0 Å². The molecule has 0 atom stereocenters. The highest BCUT2D eigenvalue weighted by Crippen LogP contribution is 2.20. The van der Waals surface area contributed by atoms with Crippen LogP contribution in [0.15, 0.2) is 46.9 Å². The number of amides is 1. The third-order valence-electron chi connectivity index (χ3n) is 3.37. The zero-order chi connectivity index (χ0) is 18.4. The summed E-state index contributed by atoms with van der Waals surface area (Å²) >= 11 is 3.35. The molecule has 0 unspecified atom stereocenters. The van der Waals surface area contributed by atoms with Gasteiger partial charge in [0.15, 0.2) is 0 Å². The molecular formula is C18H16BrNO5. The predicted octanol–water partition coefficient (Wildman–Crippen LogP) is 3.20. The molecule has 2 aromatic carbocycles. The number of ether oxygens (including phenoxy) is 2. The maximum atomic E-state index is 12.3. The Bertz CT molecular complexity index is 819. The van der Waals surface area contributed by atoms with Crippen molar-refractivity contribution in [2.24, 2.45) is 0 Å². The molecule has 0 saturated heterocycles. The van der Waals surface area contributed by atoms with Crippen molar-refractivity contribution in [3.63, 3.8) is 0 Å². The summed E-state index contributed by atoms with van der Waals surface area (Å²) < 4.78 is 10.2. The van der Waals surface area contributed by atoms with Crippen molar-refractivity contribution in [1.29, 1.82) is 0 Å². The third-order valence-corrected chi connectivity index (χ3v) is 3.87. The molecule has 0 bridgehead atoms. The number of hydrogen-bond donors (Lipinski definition) is 1. The molecule has 2 rings (SSSR count). The first-order chi connectivity index (χ1) is 11.9. The van der Waals surface area contributed by atoms with Crippen LogP contribution in [0.3, 0.4) is 0 Å². The molecule has 0 aliphatic carbocycles. The standard InChI is InChI=1S/C18H16BrNO5/c1-24-17(22)12-6-7-14(18(23)25-2)15(10-12)20-16(21)9-11-4-3-5-13(19)8-11/h3-8,10H,9H2,1-2H3,(H,20,21). The summed E-state index contributed by atoms with van der Waals surface area (Å²) in [4.78, 5) is 35.9. The number of nitrogens with one attached hydrogen (secondary N) is 1. The Morgan fingerprint density at radius 1 is 1.00 bits per heavy atom. The van der Waals surface area contributed by atoms with E-state index in [1.54, 1.807) is 0 Å². The molecular weight excluding hydrogens is 390 g/mol. The van der Waals surface area contributed by atoms with Crippen LogP contribution in [0.1, 0.15) is 26.3 Å². The Labute approximate surface area is 153 Å². The third kappa shape index (κ3) is 4.90. The maximum absolute atomic E-state index is 12.3. The molecule has 0 saturated carbocycles. The van der Waals surface area contributed by atoms with Crippen molar-refractivity contribution in [1.82, 2.24) is 0 Å². The number of anilines is 1. The number of esters is 2. The Kier molecular flexibility index (Phi) is 6.30. The number of methoxy groups -OCH3 is 2. The van der Waals surface area contributed by atoms with Crippen LogP contribution in [0.25, 0.3) is 0 Å². The van der Waals surface area contributed by atoms with E-state index in [0.29, 0.717) is 0 Å². The average molecular weight is 406 g/mol. The van der Waals surface area contributed by atoms with Gasteiger partial charge in [0, 0.05) is 4.47 Å². The van der Waals surface area contributed by atoms with E-state index in [9.17, 15) is 14.4 Å². The van der Waals surface area contributed by atoms with Gasteiger partial charge in [0.25, 0.3) is 0 Å². The van der Waals surface area contributed by atoms with Crippen LogP contribution in [-0.4, -0.2) is 32.1 Å². The summed E-state index contributed by atoms with van der Waals surface area (Å²) in [6.45, 7) is 0. The molecule has 0 aromatic heterocycles. The van der Waals surface area contributed by atoms with Gasteiger partial charge >= 0.3 is 11.9 Å². The van der Waals surface area contributed by atoms with Gasteiger partial charge < -0.3 is 14.8 Å². The summed E-state index contributed by atoms with van der Waals surface area (Å²) in [7, 11) is 2.49. The summed E-state index contributed by atoms with van der Waals surface area (Å²) in [5.74, 6) is -1.52. The zero-order valence-corrected chi connectivity index (χ0v) is 15.3. The minimum atomic E-state index is -0.617. The van der Waals surface area contributed by atoms with Crippen LogP contribution in [0.5, 0.6) is 0 Å². The van der Waals surface area contributed by atoms with Gasteiger partial charge in [-0.25, -0.2) is 9.59 Å². The first-order valence-corrected chi connectivity index (χ1v) is 8.09. The molecule has 0 aliphatic heterocycles. The van der Waals surface area contributed by atoms with E-state index >= 15 is 0 Å². The highest BCUT2D eigenvalue weighted by Gasteiger charge is 2.17. The minimum absolute atomic E-state index is 0.114. The van der Waals surface area contributed by atoms with Crippen molar-refractivity contribution < 1.29 is 23.9 Å². The number of halogens is 1. The van der Waals surface area contributed by atoms with Crippen LogP contribution >= 0.6 is 15.9 Å². The first kappa shape index (κ1) is 18.7. The molecule has 0 heterocycles. The summed E-state index contributed by atoms with van der Waals surface area (Å²) in [6.07, 6.45) is 0.114. The Morgan fingerprint density at radius 3 is 2.36 bits per heavy atom. The molecule has 0 radical (unpaired) electrons. The molecule has 0 spiro atoms. The SMILES string of the molecule is COC(=O)c1ccc(C(=O)OC)c(NC(=O)Cc2cccc(Br)c2)c1. The van der Waals surface area contributed by atoms with Gasteiger partial charge in [-0.1, -0.05) is 28.1 Å². The number of carbonyl (C=O) groups excluding carboxylic acids is 3. The fourth-order valence-electron chi connectivity index (χ4n) is 2.21. The van der Waals surface area contributed by atoms with Crippen molar-refractivity contribution >= 4 is 39.5 Å². The monoisotopic (exact) mass is 405 g/mol. The quantitative estimate of drug-likeness (QED) is 0.772. The van der Waals surface area contributed by atoms with E-state index in [1.807, 2.05) is 24.3 Å². The molecule has 1 N–H and O–H groups in total. The van der Waals surface area contributed by atoms with Gasteiger partial charge in [-0.3, -0.25) is 4.79 Å². The normalized spacial score (nSPS) is 10.0. The number of benzene rings is 2. The molecule has 2 aromatic rings. The summed E-state index contributed by atoms with van der Waals surface area (Å²) in [5.41, 5.74) is 1.36. The van der Waals surface area contributed by atoms with Gasteiger partial charge in [-0.2, -0.15) is 0 Å². The van der Waals surface area contributed by atoms with Gasteiger partial charge in [-0.05, 0) is 35.9 Å². The zero-order valence-electron chi connectivity index (χ0n) is 13.7. The van der Waals surface area contributed by atoms with E-state index in [2.05, 4.69) is 26.0 Å². The van der Waals surface area contributed by atoms with E-state index in [0.717, 1.165) is 10.0 Å². The topological polar surface area (TPSA) is 81.7 Å². The lowest BCUT2D eigenvalue weighted by Crippen LogP contribution is -2.18. The van der Waals surface area contributed by atoms with Gasteiger partial charge in [0.2, 0.25) is 5.91 Å². The largest absolute Gasteiger partial charge is 0.465 e. The smallest absolute Gasteiger partial charge is 0.339 e. The Hall–Kier alpha value is -2.67. The van der Waals surface area contributed by atoms with E-state index in [-0.39, 0.29) is 29.1 Å². The van der Waals surface area contributed by atoms with E-state index < -0.39 is 11.9 Å². The Morgan fingerprint density at radius 2 is 1.72 bits per heavy atom. The van der Waals surface area contributed by atoms with E-state index in [4.69, 9.17) is 4.74 Å². The maximum Gasteiger partial charge on any atom is 0.339 e. The van der Waals surface area contributed by atoms with Crippen LogP contribution in [-0.2, 0) is 20.7 Å². The fraction of sp³-hybridized carbons (Fsp3) is 0.167. The molecule has 1 amide bonds. The van der Waals surface area contributed by atoms with Gasteiger partial charge in [-0.15, -0.1) is 0 Å². The Balaban J connectivity index is 2.27. The second-order valence-corrected chi connectivity index (χ2v) is 6.01. The van der Waals surface area contributed by atoms with Crippen LogP contribution in [0.4, 0.5) is 5.69 Å². The lowest BCUT2D eigenvalue weighted by Gasteiger charge is -2.11. The van der Waals surface area contributed by atoms with Crippen molar-refractivity contribution in [2.45, 2.75) is 6.42 Å². The minimum Gasteiger partial charge on any atom is -0.465 e. The lowest BCUT2D eigenvalue weighted by molar-refractivity contribution is -0.115. The van der Waals surface area contributed by atoms with Crippen molar-refractivity contribution in [2.75, 3.05) is 19.5 Å². The van der Waals surface area contributed by atoms with Crippen LogP contribution in [0, 0.1) is 0 Å². The summed E-state index contributed by atoms with van der Waals surface area (Å²) in [5, 5.41) is 2.65. The molecule has 130 valence electrons. The highest BCUT2D eigenvalue weighted by molar-refractivity contribution is 9.10. The van der Waals surface area contributed by atoms with Gasteiger partial charge in [0.1, 0.15) is 0 Å². The van der Waals surface area contributed by atoms with E-state index in [1.165, 1.54) is 32.4 Å². The molecule has 6 nitrogen and oxygen atoms in total. The number of carbonyl (C=O) groups is 3. The predicted molar refractivity (Wildman–Crippen MR) is 95.6 cm³/mol. The van der Waals surface area contributed by atoms with Crippen LogP contribution in [0.2, 0.25) is 0 Å². The number of hydrogen-bond acceptors (Lipinski definition) is 5. The lowest BCUT2D eigenvalue weighted by atomic mass is 10.1. The first-order valence-electron chi connectivity index (χ1n) is 7.29. The average Bonchev–Trinajstić information content (AvgIpc) is 2.60. The molecule has 0 aliphatic rings. The number of rotatable bonds is 5. The second-order valence-electron chi connectivity index (χ2n) is 5.10. The van der Waals surface area contributed by atoms with Crippen molar-refractivity contribution in [3.05, 3.63) is 63.6 Å². The second kappa shape index (κ2) is 8.43. The van der Waals surface area contributed by atoms with Gasteiger partial charge in [0.05, 0.1) is 37.5 Å². The molecule has 25 heavy (non-hydrogen) atoms. The molecule has 0 fully saturated rings. The molecule has 7 heteroatoms. The van der Waals surface area contributed by atoms with Crippen LogP contribution < -0.4 is 5.32 Å². The summed E-state index contributed by atoms with van der Waals surface area (Å²) in [6, 6.07) is 11.6.